The van der Waals surface area contributed by atoms with E-state index in [-0.39, 0.29) is 18.7 Å². The first-order chi connectivity index (χ1) is 8.44. The summed E-state index contributed by atoms with van der Waals surface area (Å²) in [7, 11) is 0. The molecule has 18 heavy (non-hydrogen) atoms. The molecule has 0 N–H and O–H groups in total. The molecule has 0 unspecified atom stereocenters. The molecule has 1 amide bonds. The minimum absolute atomic E-state index is 0.0275. The van der Waals surface area contributed by atoms with Gasteiger partial charge in [0.15, 0.2) is 0 Å². The number of nitrogens with zero attached hydrogens (tertiary/aromatic N) is 1. The Morgan fingerprint density at radius 3 is 2.72 bits per heavy atom. The van der Waals surface area contributed by atoms with E-state index < -0.39 is 23.2 Å². The van der Waals surface area contributed by atoms with Gasteiger partial charge in [-0.2, -0.15) is 0 Å². The van der Waals surface area contributed by atoms with Crippen LogP contribution in [-0.2, 0) is 9.53 Å². The van der Waals surface area contributed by atoms with Gasteiger partial charge in [0.1, 0.15) is 18.0 Å². The van der Waals surface area contributed by atoms with E-state index in [9.17, 15) is 14.0 Å². The van der Waals surface area contributed by atoms with Crippen molar-refractivity contribution in [1.82, 2.24) is 4.90 Å². The lowest BCUT2D eigenvalue weighted by atomic mass is 10.00. The molecule has 0 saturated carbocycles. The number of morpholine rings is 1. The molecule has 1 heterocycles. The molecule has 0 aliphatic carbocycles. The van der Waals surface area contributed by atoms with Crippen LogP contribution in [0.1, 0.15) is 24.2 Å². The monoisotopic (exact) mass is 251 g/mol. The van der Waals surface area contributed by atoms with E-state index >= 15 is 0 Å². The topological polar surface area (TPSA) is 46.6 Å². The van der Waals surface area contributed by atoms with E-state index in [0.29, 0.717) is 0 Å². The highest BCUT2D eigenvalue weighted by molar-refractivity contribution is 5.98. The number of ether oxygens (including phenoxy) is 1. The van der Waals surface area contributed by atoms with Crippen molar-refractivity contribution in [2.45, 2.75) is 19.4 Å². The number of esters is 1. The third-order valence-electron chi connectivity index (χ3n) is 3.07. The number of halogens is 1. The van der Waals surface area contributed by atoms with Crippen LogP contribution in [-0.4, -0.2) is 35.5 Å². The van der Waals surface area contributed by atoms with Gasteiger partial charge in [0.25, 0.3) is 5.91 Å². The second kappa shape index (κ2) is 4.40. The largest absolute Gasteiger partial charge is 0.462 e. The van der Waals surface area contributed by atoms with Crippen LogP contribution in [0.3, 0.4) is 0 Å². The Morgan fingerprint density at radius 1 is 1.39 bits per heavy atom. The fourth-order valence-electron chi connectivity index (χ4n) is 1.93. The number of carbonyl (C=O) groups is 2. The van der Waals surface area contributed by atoms with Crippen molar-refractivity contribution in [2.75, 3.05) is 13.2 Å². The zero-order chi connectivity index (χ0) is 13.3. The van der Waals surface area contributed by atoms with E-state index in [1.54, 1.807) is 19.9 Å². The average Bonchev–Trinajstić information content (AvgIpc) is 2.32. The van der Waals surface area contributed by atoms with Crippen LogP contribution in [0.15, 0.2) is 24.3 Å². The first kappa shape index (κ1) is 12.5. The van der Waals surface area contributed by atoms with Crippen LogP contribution in [0, 0.1) is 5.82 Å². The Balaban J connectivity index is 2.34. The highest BCUT2D eigenvalue weighted by atomic mass is 19.1. The maximum absolute atomic E-state index is 13.6. The Morgan fingerprint density at radius 2 is 2.06 bits per heavy atom. The molecule has 1 fully saturated rings. The van der Waals surface area contributed by atoms with Crippen molar-refractivity contribution >= 4 is 11.9 Å². The number of cyclic esters (lactones) is 1. The van der Waals surface area contributed by atoms with Gasteiger partial charge in [-0.05, 0) is 26.0 Å². The molecule has 1 saturated heterocycles. The standard InChI is InChI=1S/C13H14FNO3/c1-13(2)12(17)18-8-7-15(13)11(16)9-5-3-4-6-10(9)14/h3-6H,7-8H2,1-2H3. The molecule has 2 rings (SSSR count). The van der Waals surface area contributed by atoms with Gasteiger partial charge in [0, 0.05) is 0 Å². The van der Waals surface area contributed by atoms with Crippen molar-refractivity contribution in [3.63, 3.8) is 0 Å². The third kappa shape index (κ3) is 1.96. The number of hydrogen-bond acceptors (Lipinski definition) is 3. The minimum atomic E-state index is -1.07. The Labute approximate surface area is 104 Å². The molecule has 0 bridgehead atoms. The van der Waals surface area contributed by atoms with Gasteiger partial charge in [-0.15, -0.1) is 0 Å². The van der Waals surface area contributed by atoms with Gasteiger partial charge >= 0.3 is 5.97 Å². The molecular weight excluding hydrogens is 237 g/mol. The highest BCUT2D eigenvalue weighted by Crippen LogP contribution is 2.23. The summed E-state index contributed by atoms with van der Waals surface area (Å²) < 4.78 is 18.5. The summed E-state index contributed by atoms with van der Waals surface area (Å²) >= 11 is 0. The predicted octanol–water partition coefficient (Wildman–Crippen LogP) is 1.60. The maximum atomic E-state index is 13.6. The number of carbonyl (C=O) groups excluding carboxylic acids is 2. The minimum Gasteiger partial charge on any atom is -0.462 e. The van der Waals surface area contributed by atoms with Crippen LogP contribution in [0.25, 0.3) is 0 Å². The SMILES string of the molecule is CC1(C)C(=O)OCCN1C(=O)c1ccccc1F. The fraction of sp³-hybridized carbons (Fsp3) is 0.385. The van der Waals surface area contributed by atoms with Gasteiger partial charge < -0.3 is 9.64 Å². The van der Waals surface area contributed by atoms with Gasteiger partial charge in [0.05, 0.1) is 12.1 Å². The van der Waals surface area contributed by atoms with Crippen molar-refractivity contribution in [3.8, 4) is 0 Å². The summed E-state index contributed by atoms with van der Waals surface area (Å²) in [5.41, 5.74) is -1.10. The summed E-state index contributed by atoms with van der Waals surface area (Å²) in [6, 6.07) is 5.74. The van der Waals surface area contributed by atoms with Crippen LogP contribution in [0.5, 0.6) is 0 Å². The van der Waals surface area contributed by atoms with E-state index in [2.05, 4.69) is 0 Å². The van der Waals surface area contributed by atoms with E-state index in [1.807, 2.05) is 0 Å². The van der Waals surface area contributed by atoms with Crippen LogP contribution < -0.4 is 0 Å². The summed E-state index contributed by atoms with van der Waals surface area (Å²) in [5, 5.41) is 0. The number of amides is 1. The summed E-state index contributed by atoms with van der Waals surface area (Å²) in [6.45, 7) is 3.59. The fourth-order valence-corrected chi connectivity index (χ4v) is 1.93. The van der Waals surface area contributed by atoms with Crippen LogP contribution in [0.4, 0.5) is 4.39 Å². The van der Waals surface area contributed by atoms with Gasteiger partial charge in [-0.25, -0.2) is 9.18 Å². The normalized spacial score (nSPS) is 18.4. The number of benzene rings is 1. The van der Waals surface area contributed by atoms with Crippen LogP contribution in [0.2, 0.25) is 0 Å². The zero-order valence-electron chi connectivity index (χ0n) is 10.3. The predicted molar refractivity (Wildman–Crippen MR) is 62.5 cm³/mol. The Hall–Kier alpha value is -1.91. The van der Waals surface area contributed by atoms with Crippen molar-refractivity contribution in [3.05, 3.63) is 35.6 Å². The quantitative estimate of drug-likeness (QED) is 0.712. The molecule has 1 aliphatic rings. The van der Waals surface area contributed by atoms with Gasteiger partial charge in [0.2, 0.25) is 0 Å². The molecule has 1 aromatic rings. The third-order valence-corrected chi connectivity index (χ3v) is 3.07. The van der Waals surface area contributed by atoms with E-state index in [4.69, 9.17) is 4.74 Å². The summed E-state index contributed by atoms with van der Waals surface area (Å²) in [5.74, 6) is -1.55. The molecule has 0 radical (unpaired) electrons. The molecule has 96 valence electrons. The van der Waals surface area contributed by atoms with Gasteiger partial charge in [-0.3, -0.25) is 4.79 Å². The Kier molecular flexibility index (Phi) is 3.07. The second-order valence-corrected chi connectivity index (χ2v) is 4.63. The summed E-state index contributed by atoms with van der Waals surface area (Å²) in [6.07, 6.45) is 0. The molecule has 5 heteroatoms. The molecule has 0 aromatic heterocycles. The van der Waals surface area contributed by atoms with E-state index in [1.165, 1.54) is 23.1 Å². The lowest BCUT2D eigenvalue weighted by Crippen LogP contribution is -2.58. The second-order valence-electron chi connectivity index (χ2n) is 4.63. The molecule has 1 aromatic carbocycles. The summed E-state index contributed by atoms with van der Waals surface area (Å²) in [4.78, 5) is 25.2. The van der Waals surface area contributed by atoms with E-state index in [0.717, 1.165) is 0 Å². The first-order valence-corrected chi connectivity index (χ1v) is 5.68. The lowest BCUT2D eigenvalue weighted by molar-refractivity contribution is -0.162. The average molecular weight is 251 g/mol. The zero-order valence-corrected chi connectivity index (χ0v) is 10.3. The maximum Gasteiger partial charge on any atom is 0.331 e. The van der Waals surface area contributed by atoms with Crippen molar-refractivity contribution in [1.29, 1.82) is 0 Å². The molecule has 1 aliphatic heterocycles. The smallest absolute Gasteiger partial charge is 0.331 e. The lowest BCUT2D eigenvalue weighted by Gasteiger charge is -2.40. The molecular formula is C13H14FNO3. The van der Waals surface area contributed by atoms with Crippen LogP contribution >= 0.6 is 0 Å². The highest BCUT2D eigenvalue weighted by Gasteiger charge is 2.42. The number of hydrogen-bond donors (Lipinski definition) is 0. The first-order valence-electron chi connectivity index (χ1n) is 5.68. The molecule has 0 spiro atoms. The molecule has 0 atom stereocenters. The van der Waals surface area contributed by atoms with Crippen molar-refractivity contribution < 1.29 is 18.7 Å². The van der Waals surface area contributed by atoms with Gasteiger partial charge in [-0.1, -0.05) is 12.1 Å². The van der Waals surface area contributed by atoms with Crippen molar-refractivity contribution in [2.24, 2.45) is 0 Å². The number of rotatable bonds is 1. The molecule has 4 nitrogen and oxygen atoms in total. The Bertz CT molecular complexity index is 499.